The smallest absolute Gasteiger partial charge is 0.263 e. The Labute approximate surface area is 126 Å². The van der Waals surface area contributed by atoms with Crippen molar-refractivity contribution in [2.24, 2.45) is 0 Å². The third-order valence-corrected chi connectivity index (χ3v) is 3.67. The zero-order chi connectivity index (χ0) is 14.9. The van der Waals surface area contributed by atoms with E-state index in [-0.39, 0.29) is 13.1 Å². The Morgan fingerprint density at radius 1 is 1.00 bits per heavy atom. The van der Waals surface area contributed by atoms with Gasteiger partial charge in [0.2, 0.25) is 0 Å². The Morgan fingerprint density at radius 3 is 2.10 bits per heavy atom. The average Bonchev–Trinajstić information content (AvgIpc) is 2.60. The maximum Gasteiger partial charge on any atom is 0.334 e. The molecule has 0 atom stereocenters. The molecule has 1 fully saturated rings. The molecule has 0 aliphatic carbocycles. The first-order valence-electron chi connectivity index (χ1n) is 6.07. The summed E-state index contributed by atoms with van der Waals surface area (Å²) in [4.78, 5) is 37.5. The maximum atomic E-state index is 12.1. The lowest BCUT2D eigenvalue weighted by molar-refractivity contribution is -0.143. The molecule has 1 aliphatic heterocycles. The summed E-state index contributed by atoms with van der Waals surface area (Å²) in [6, 6.07) is 4.26. The van der Waals surface area contributed by atoms with Gasteiger partial charge in [0, 0.05) is 22.2 Å². The van der Waals surface area contributed by atoms with Crippen LogP contribution in [0.5, 0.6) is 0 Å². The lowest BCUT2D eigenvalue weighted by Crippen LogP contribution is -2.33. The van der Waals surface area contributed by atoms with Crippen molar-refractivity contribution >= 4 is 41.0 Å². The second-order valence-electron chi connectivity index (χ2n) is 4.33. The third-order valence-electron chi connectivity index (χ3n) is 2.96. The van der Waals surface area contributed by atoms with Crippen molar-refractivity contribution in [2.75, 3.05) is 6.54 Å². The fraction of sp³-hybridized carbons (Fsp3) is 0.308. The summed E-state index contributed by atoms with van der Waals surface area (Å²) in [6.07, 6.45) is 0.589. The van der Waals surface area contributed by atoms with Crippen molar-refractivity contribution in [1.82, 2.24) is 9.80 Å². The molecule has 0 radical (unpaired) electrons. The van der Waals surface area contributed by atoms with Crippen LogP contribution in [0.1, 0.15) is 18.9 Å². The zero-order valence-corrected chi connectivity index (χ0v) is 12.2. The van der Waals surface area contributed by atoms with E-state index in [9.17, 15) is 14.4 Å². The van der Waals surface area contributed by atoms with Gasteiger partial charge in [0.1, 0.15) is 0 Å². The number of urea groups is 1. The highest BCUT2D eigenvalue weighted by Gasteiger charge is 2.44. The molecule has 1 aromatic rings. The highest BCUT2D eigenvalue weighted by Crippen LogP contribution is 2.27. The predicted molar refractivity (Wildman–Crippen MR) is 74.4 cm³/mol. The number of hydrogen-bond acceptors (Lipinski definition) is 3. The molecule has 0 spiro atoms. The van der Waals surface area contributed by atoms with E-state index >= 15 is 0 Å². The van der Waals surface area contributed by atoms with Gasteiger partial charge < -0.3 is 0 Å². The highest BCUT2D eigenvalue weighted by atomic mass is 35.5. The number of rotatable bonds is 4. The molecule has 2 rings (SSSR count). The van der Waals surface area contributed by atoms with Crippen molar-refractivity contribution in [2.45, 2.75) is 19.9 Å². The monoisotopic (exact) mass is 314 g/mol. The lowest BCUT2D eigenvalue weighted by Gasteiger charge is -2.16. The van der Waals surface area contributed by atoms with Gasteiger partial charge in [0.15, 0.2) is 0 Å². The van der Waals surface area contributed by atoms with Crippen LogP contribution in [0.3, 0.4) is 0 Å². The van der Waals surface area contributed by atoms with Crippen LogP contribution in [0.4, 0.5) is 4.79 Å². The molecule has 1 aromatic carbocycles. The van der Waals surface area contributed by atoms with Crippen LogP contribution in [0.2, 0.25) is 10.0 Å². The minimum absolute atomic E-state index is 0.109. The van der Waals surface area contributed by atoms with Crippen LogP contribution in [0.25, 0.3) is 0 Å². The molecule has 1 heterocycles. The van der Waals surface area contributed by atoms with Crippen LogP contribution >= 0.6 is 23.2 Å². The van der Waals surface area contributed by atoms with Gasteiger partial charge in [-0.05, 0) is 18.6 Å². The van der Waals surface area contributed by atoms with E-state index in [1.54, 1.807) is 18.2 Å². The fourth-order valence-corrected chi connectivity index (χ4v) is 2.47. The van der Waals surface area contributed by atoms with Gasteiger partial charge in [-0.15, -0.1) is 0 Å². The molecular weight excluding hydrogens is 303 g/mol. The summed E-state index contributed by atoms with van der Waals surface area (Å²) in [5.74, 6) is -1.65. The third kappa shape index (κ3) is 2.51. The average molecular weight is 315 g/mol. The van der Waals surface area contributed by atoms with Gasteiger partial charge in [0.25, 0.3) is 0 Å². The van der Waals surface area contributed by atoms with E-state index in [4.69, 9.17) is 23.2 Å². The lowest BCUT2D eigenvalue weighted by atomic mass is 10.2. The first-order valence-corrected chi connectivity index (χ1v) is 6.83. The van der Waals surface area contributed by atoms with Crippen molar-refractivity contribution in [3.05, 3.63) is 33.8 Å². The Hall–Kier alpha value is -1.59. The number of imide groups is 2. The molecule has 106 valence electrons. The quantitative estimate of drug-likeness (QED) is 0.634. The Balaban J connectivity index is 2.28. The Kier molecular flexibility index (Phi) is 4.30. The van der Waals surface area contributed by atoms with Crippen LogP contribution in [0, 0.1) is 0 Å². The van der Waals surface area contributed by atoms with Gasteiger partial charge in [-0.1, -0.05) is 36.2 Å². The number of carbonyl (C=O) groups excluding carboxylic acids is 3. The van der Waals surface area contributed by atoms with E-state index in [0.717, 1.165) is 9.80 Å². The molecule has 0 saturated carbocycles. The number of benzene rings is 1. The number of halogens is 2. The SMILES string of the molecule is CCCN1C(=O)C(=O)N(Cc2c(Cl)cccc2Cl)C1=O. The highest BCUT2D eigenvalue weighted by molar-refractivity contribution is 6.44. The second-order valence-corrected chi connectivity index (χ2v) is 5.15. The van der Waals surface area contributed by atoms with Gasteiger partial charge >= 0.3 is 17.8 Å². The van der Waals surface area contributed by atoms with Crippen LogP contribution in [-0.4, -0.2) is 34.2 Å². The molecule has 0 bridgehead atoms. The molecule has 5 nitrogen and oxygen atoms in total. The molecule has 7 heteroatoms. The topological polar surface area (TPSA) is 57.7 Å². The molecular formula is C13H12Cl2N2O3. The molecule has 0 unspecified atom stereocenters. The summed E-state index contributed by atoms with van der Waals surface area (Å²) >= 11 is 12.0. The Bertz CT molecular complexity index is 569. The zero-order valence-electron chi connectivity index (χ0n) is 10.7. The molecule has 1 aliphatic rings. The summed E-state index contributed by atoms with van der Waals surface area (Å²) in [5.41, 5.74) is 0.448. The summed E-state index contributed by atoms with van der Waals surface area (Å²) in [6.45, 7) is 1.93. The number of nitrogens with zero attached hydrogens (tertiary/aromatic N) is 2. The largest absolute Gasteiger partial charge is 0.334 e. The van der Waals surface area contributed by atoms with Crippen molar-refractivity contribution < 1.29 is 14.4 Å². The minimum Gasteiger partial charge on any atom is -0.263 e. The first-order chi connectivity index (χ1) is 9.47. The van der Waals surface area contributed by atoms with Gasteiger partial charge in [-0.3, -0.25) is 19.4 Å². The minimum atomic E-state index is -0.848. The van der Waals surface area contributed by atoms with Crippen LogP contribution in [0.15, 0.2) is 18.2 Å². The summed E-state index contributed by atoms with van der Waals surface area (Å²) in [7, 11) is 0. The van der Waals surface area contributed by atoms with E-state index < -0.39 is 17.8 Å². The normalized spacial score (nSPS) is 15.4. The Morgan fingerprint density at radius 2 is 1.55 bits per heavy atom. The van der Waals surface area contributed by atoms with Gasteiger partial charge in [-0.25, -0.2) is 4.79 Å². The van der Waals surface area contributed by atoms with E-state index in [1.165, 1.54) is 0 Å². The second kappa shape index (κ2) is 5.81. The molecule has 1 saturated heterocycles. The van der Waals surface area contributed by atoms with E-state index in [2.05, 4.69) is 0 Å². The number of amides is 4. The molecule has 0 N–H and O–H groups in total. The molecule has 20 heavy (non-hydrogen) atoms. The van der Waals surface area contributed by atoms with Crippen LogP contribution in [-0.2, 0) is 16.1 Å². The van der Waals surface area contributed by atoms with E-state index in [0.29, 0.717) is 22.0 Å². The first kappa shape index (κ1) is 14.8. The van der Waals surface area contributed by atoms with Gasteiger partial charge in [-0.2, -0.15) is 0 Å². The molecule has 4 amide bonds. The molecule has 0 aromatic heterocycles. The predicted octanol–water partition coefficient (Wildman–Crippen LogP) is 2.69. The van der Waals surface area contributed by atoms with Crippen molar-refractivity contribution in [3.8, 4) is 0 Å². The number of hydrogen-bond donors (Lipinski definition) is 0. The maximum absolute atomic E-state index is 12.1. The standard InChI is InChI=1S/C13H12Cl2N2O3/c1-2-6-16-11(18)12(19)17(13(16)20)7-8-9(14)4-3-5-10(8)15/h3-5H,2,6-7H2,1H3. The fourth-order valence-electron chi connectivity index (χ4n) is 1.95. The summed E-state index contributed by atoms with van der Waals surface area (Å²) < 4.78 is 0. The van der Waals surface area contributed by atoms with Crippen LogP contribution < -0.4 is 0 Å². The number of carbonyl (C=O) groups is 3. The summed E-state index contributed by atoms with van der Waals surface area (Å²) in [5, 5.41) is 0.694. The van der Waals surface area contributed by atoms with Gasteiger partial charge in [0.05, 0.1) is 6.54 Å². The van der Waals surface area contributed by atoms with E-state index in [1.807, 2.05) is 6.92 Å². The van der Waals surface area contributed by atoms with Crippen molar-refractivity contribution in [3.63, 3.8) is 0 Å². The van der Waals surface area contributed by atoms with Crippen molar-refractivity contribution in [1.29, 1.82) is 0 Å².